The summed E-state index contributed by atoms with van der Waals surface area (Å²) in [6, 6.07) is 5.56. The molecule has 0 radical (unpaired) electrons. The van der Waals surface area contributed by atoms with Crippen molar-refractivity contribution >= 4 is 46.2 Å². The topological polar surface area (TPSA) is 113 Å². The maximum atomic E-state index is 12.9. The average molecular weight is 574 g/mol. The lowest BCUT2D eigenvalue weighted by Gasteiger charge is -2.11. The standard InChI is InChI=1S/C27H32ClN5O5S/c1-15-23-21(33(10-9-22(35)37-5)26(15)27(36)38-6)8-7-19(28)25(23)24-16(2)31(3)30-20(24)14-39-13-17-11-18(12-34)32(4)29-17/h7-8,11,34H,9-10,12-14H2,1-6H3. The fourth-order valence-electron chi connectivity index (χ4n) is 4.90. The number of ether oxygens (including phenoxy) is 2. The van der Waals surface area contributed by atoms with Crippen molar-refractivity contribution < 1.29 is 24.2 Å². The van der Waals surface area contributed by atoms with E-state index in [0.717, 1.165) is 44.8 Å². The van der Waals surface area contributed by atoms with E-state index in [1.807, 2.05) is 50.8 Å². The molecule has 0 fully saturated rings. The van der Waals surface area contributed by atoms with Crippen LogP contribution in [-0.4, -0.2) is 55.4 Å². The number of aliphatic hydroxyl groups is 1. The van der Waals surface area contributed by atoms with Crippen molar-refractivity contribution in [2.75, 3.05) is 14.2 Å². The van der Waals surface area contributed by atoms with Crippen LogP contribution in [0, 0.1) is 13.8 Å². The van der Waals surface area contributed by atoms with E-state index in [9.17, 15) is 14.7 Å². The molecule has 12 heteroatoms. The molecule has 208 valence electrons. The summed E-state index contributed by atoms with van der Waals surface area (Å²) in [5.41, 5.74) is 6.96. The van der Waals surface area contributed by atoms with Gasteiger partial charge in [0.1, 0.15) is 5.69 Å². The van der Waals surface area contributed by atoms with Crippen LogP contribution in [0.5, 0.6) is 0 Å². The minimum Gasteiger partial charge on any atom is -0.469 e. The summed E-state index contributed by atoms with van der Waals surface area (Å²) >= 11 is 8.54. The van der Waals surface area contributed by atoms with Crippen LogP contribution in [-0.2, 0) is 53.0 Å². The summed E-state index contributed by atoms with van der Waals surface area (Å²) in [7, 11) is 6.38. The monoisotopic (exact) mass is 573 g/mol. The lowest BCUT2D eigenvalue weighted by molar-refractivity contribution is -0.140. The quantitative estimate of drug-likeness (QED) is 0.279. The van der Waals surface area contributed by atoms with Gasteiger partial charge in [0.15, 0.2) is 0 Å². The maximum absolute atomic E-state index is 12.9. The second kappa shape index (κ2) is 11.8. The number of fused-ring (bicyclic) bond motifs is 1. The van der Waals surface area contributed by atoms with Gasteiger partial charge >= 0.3 is 11.9 Å². The summed E-state index contributed by atoms with van der Waals surface area (Å²) in [6.45, 7) is 4.04. The molecular weight excluding hydrogens is 542 g/mol. The second-order valence-corrected chi connectivity index (χ2v) is 10.6. The molecule has 0 saturated heterocycles. The van der Waals surface area contributed by atoms with Gasteiger partial charge in [0.25, 0.3) is 0 Å². The highest BCUT2D eigenvalue weighted by Gasteiger charge is 2.27. The Balaban J connectivity index is 1.81. The number of carbonyl (C=O) groups excluding carboxylic acids is 2. The summed E-state index contributed by atoms with van der Waals surface area (Å²) in [6.07, 6.45) is 0.0982. The van der Waals surface area contributed by atoms with Crippen molar-refractivity contribution in [2.24, 2.45) is 14.1 Å². The molecule has 0 aliphatic rings. The minimum atomic E-state index is -0.494. The number of benzene rings is 1. The molecule has 1 N–H and O–H groups in total. The first-order valence-corrected chi connectivity index (χ1v) is 13.9. The fraction of sp³-hybridized carbons (Fsp3) is 0.407. The van der Waals surface area contributed by atoms with E-state index in [1.54, 1.807) is 21.0 Å². The summed E-state index contributed by atoms with van der Waals surface area (Å²) < 4.78 is 15.2. The van der Waals surface area contributed by atoms with E-state index >= 15 is 0 Å². The van der Waals surface area contributed by atoms with E-state index in [4.69, 9.17) is 26.2 Å². The Kier molecular flexibility index (Phi) is 8.73. The normalized spacial score (nSPS) is 11.4. The molecule has 1 aromatic carbocycles. The number of esters is 2. The number of hydrogen-bond acceptors (Lipinski definition) is 8. The Morgan fingerprint density at radius 2 is 1.79 bits per heavy atom. The molecule has 3 aromatic heterocycles. The Hall–Kier alpha value is -3.28. The SMILES string of the molecule is COC(=O)CCn1c(C(=O)OC)c(C)c2c(-c3c(CSCc4cc(CO)n(C)n4)nn(C)c3C)c(Cl)ccc21. The third kappa shape index (κ3) is 5.43. The minimum absolute atomic E-state index is 0.0631. The van der Waals surface area contributed by atoms with Crippen LogP contribution in [0.4, 0.5) is 0 Å². The Labute approximate surface area is 235 Å². The van der Waals surface area contributed by atoms with Gasteiger partial charge in [-0.1, -0.05) is 11.6 Å². The second-order valence-electron chi connectivity index (χ2n) is 9.19. The van der Waals surface area contributed by atoms with Crippen LogP contribution in [0.3, 0.4) is 0 Å². The predicted molar refractivity (Wildman–Crippen MR) is 151 cm³/mol. The Bertz CT molecular complexity index is 1550. The van der Waals surface area contributed by atoms with E-state index in [1.165, 1.54) is 14.2 Å². The van der Waals surface area contributed by atoms with Gasteiger partial charge in [0, 0.05) is 64.9 Å². The molecule has 0 saturated carbocycles. The van der Waals surface area contributed by atoms with Gasteiger partial charge in [0.2, 0.25) is 0 Å². The molecule has 0 aliphatic heterocycles. The van der Waals surface area contributed by atoms with Gasteiger partial charge in [-0.15, -0.1) is 11.8 Å². The summed E-state index contributed by atoms with van der Waals surface area (Å²) in [5.74, 6) is 0.379. The number of nitrogens with zero attached hydrogens (tertiary/aromatic N) is 5. The van der Waals surface area contributed by atoms with Gasteiger partial charge in [-0.05, 0) is 37.6 Å². The van der Waals surface area contributed by atoms with Crippen LogP contribution in [0.25, 0.3) is 22.0 Å². The number of rotatable bonds is 10. The molecule has 4 aromatic rings. The molecular formula is C27H32ClN5O5S. The zero-order valence-corrected chi connectivity index (χ0v) is 24.4. The van der Waals surface area contributed by atoms with Crippen LogP contribution in [0.2, 0.25) is 5.02 Å². The largest absolute Gasteiger partial charge is 0.469 e. The van der Waals surface area contributed by atoms with Crippen molar-refractivity contribution in [3.8, 4) is 11.1 Å². The smallest absolute Gasteiger partial charge is 0.354 e. The lowest BCUT2D eigenvalue weighted by atomic mass is 9.97. The third-order valence-corrected chi connectivity index (χ3v) is 8.20. The Morgan fingerprint density at radius 1 is 1.05 bits per heavy atom. The summed E-state index contributed by atoms with van der Waals surface area (Å²) in [4.78, 5) is 24.8. The first-order chi connectivity index (χ1) is 18.6. The number of carbonyl (C=O) groups is 2. The van der Waals surface area contributed by atoms with Crippen molar-refractivity contribution in [2.45, 2.75) is 44.9 Å². The Morgan fingerprint density at radius 3 is 2.44 bits per heavy atom. The first kappa shape index (κ1) is 28.7. The maximum Gasteiger partial charge on any atom is 0.354 e. The average Bonchev–Trinajstić information content (AvgIpc) is 3.52. The van der Waals surface area contributed by atoms with Gasteiger partial charge < -0.3 is 19.1 Å². The first-order valence-electron chi connectivity index (χ1n) is 12.3. The van der Waals surface area contributed by atoms with E-state index < -0.39 is 5.97 Å². The lowest BCUT2D eigenvalue weighted by Crippen LogP contribution is -2.14. The molecule has 4 rings (SSSR count). The highest BCUT2D eigenvalue weighted by Crippen LogP contribution is 2.43. The van der Waals surface area contributed by atoms with Crippen molar-refractivity contribution in [1.82, 2.24) is 24.1 Å². The third-order valence-electron chi connectivity index (χ3n) is 6.90. The van der Waals surface area contributed by atoms with Gasteiger partial charge in [-0.25, -0.2) is 4.79 Å². The molecule has 0 amide bonds. The molecule has 0 unspecified atom stereocenters. The number of aromatic nitrogens is 5. The van der Waals surface area contributed by atoms with Crippen molar-refractivity contribution in [3.05, 3.63) is 57.3 Å². The molecule has 3 heterocycles. The highest BCUT2D eigenvalue weighted by molar-refractivity contribution is 7.97. The number of aryl methyl sites for hydroxylation is 4. The van der Waals surface area contributed by atoms with Crippen molar-refractivity contribution in [3.63, 3.8) is 0 Å². The molecule has 0 bridgehead atoms. The van der Waals surface area contributed by atoms with E-state index in [0.29, 0.717) is 27.8 Å². The zero-order valence-electron chi connectivity index (χ0n) is 22.9. The molecule has 0 aliphatic carbocycles. The van der Waals surface area contributed by atoms with Gasteiger partial charge in [-0.2, -0.15) is 10.2 Å². The predicted octanol–water partition coefficient (Wildman–Crippen LogP) is 4.32. The van der Waals surface area contributed by atoms with Crippen molar-refractivity contribution in [1.29, 1.82) is 0 Å². The number of halogens is 1. The van der Waals surface area contributed by atoms with Gasteiger partial charge in [-0.3, -0.25) is 14.2 Å². The molecule has 0 atom stereocenters. The van der Waals surface area contributed by atoms with Crippen LogP contribution < -0.4 is 0 Å². The summed E-state index contributed by atoms with van der Waals surface area (Å²) in [5, 5.41) is 20.1. The number of methoxy groups -OCH3 is 2. The zero-order chi connectivity index (χ0) is 28.4. The van der Waals surface area contributed by atoms with Crippen LogP contribution >= 0.6 is 23.4 Å². The van der Waals surface area contributed by atoms with Crippen LogP contribution in [0.1, 0.15) is 45.2 Å². The van der Waals surface area contributed by atoms with E-state index in [2.05, 4.69) is 5.10 Å². The number of hydrogen-bond donors (Lipinski definition) is 1. The number of thioether (sulfide) groups is 1. The molecule has 10 nitrogen and oxygen atoms in total. The van der Waals surface area contributed by atoms with Gasteiger partial charge in [0.05, 0.1) is 44.3 Å². The van der Waals surface area contributed by atoms with Crippen LogP contribution in [0.15, 0.2) is 18.2 Å². The molecule has 39 heavy (non-hydrogen) atoms. The molecule has 0 spiro atoms. The highest BCUT2D eigenvalue weighted by atomic mass is 35.5. The number of aliphatic hydroxyl groups excluding tert-OH is 1. The fourth-order valence-corrected chi connectivity index (χ4v) is 6.00. The van der Waals surface area contributed by atoms with E-state index in [-0.39, 0.29) is 25.5 Å².